The second-order valence-electron chi connectivity index (χ2n) is 5.20. The van der Waals surface area contributed by atoms with Crippen molar-refractivity contribution < 1.29 is 4.74 Å². The largest absolute Gasteiger partial charge is 0.489 e. The number of para-hydroxylation sites is 1. The molecule has 1 unspecified atom stereocenters. The Morgan fingerprint density at radius 1 is 1.17 bits per heavy atom. The van der Waals surface area contributed by atoms with Gasteiger partial charge in [-0.25, -0.2) is 0 Å². The summed E-state index contributed by atoms with van der Waals surface area (Å²) in [4.78, 5) is 0. The van der Waals surface area contributed by atoms with Crippen LogP contribution in [0.15, 0.2) is 30.3 Å². The normalized spacial score (nSPS) is 18.5. The molecule has 1 aliphatic carbocycles. The maximum atomic E-state index is 5.99. The fraction of sp³-hybridized carbons (Fsp3) is 0.625. The quantitative estimate of drug-likeness (QED) is 0.826. The molecule has 0 bridgehead atoms. The molecule has 0 saturated heterocycles. The molecule has 1 saturated carbocycles. The molecule has 100 valence electrons. The number of nitrogens with one attached hydrogen (secondary N) is 1. The van der Waals surface area contributed by atoms with E-state index in [9.17, 15) is 0 Å². The molecule has 1 N–H and O–H groups in total. The van der Waals surface area contributed by atoms with Crippen LogP contribution in [0.5, 0.6) is 5.75 Å². The van der Waals surface area contributed by atoms with Crippen LogP contribution in [0.2, 0.25) is 0 Å². The van der Waals surface area contributed by atoms with E-state index in [2.05, 4.69) is 12.2 Å². The molecule has 0 spiro atoms. The first-order valence-electron chi connectivity index (χ1n) is 7.33. The predicted molar refractivity (Wildman–Crippen MR) is 76.0 cm³/mol. The van der Waals surface area contributed by atoms with Gasteiger partial charge in [0.1, 0.15) is 11.9 Å². The second-order valence-corrected chi connectivity index (χ2v) is 5.20. The summed E-state index contributed by atoms with van der Waals surface area (Å²) in [6.07, 6.45) is 8.19. The highest BCUT2D eigenvalue weighted by Crippen LogP contribution is 2.18. The van der Waals surface area contributed by atoms with Crippen molar-refractivity contribution in [2.75, 3.05) is 6.54 Å². The Hall–Kier alpha value is -1.02. The summed E-state index contributed by atoms with van der Waals surface area (Å²) >= 11 is 0. The highest BCUT2D eigenvalue weighted by atomic mass is 16.5. The highest BCUT2D eigenvalue weighted by molar-refractivity contribution is 5.21. The van der Waals surface area contributed by atoms with Crippen molar-refractivity contribution >= 4 is 0 Å². The maximum Gasteiger partial charge on any atom is 0.119 e. The maximum absolute atomic E-state index is 5.99. The third-order valence-corrected chi connectivity index (χ3v) is 3.74. The molecule has 2 rings (SSSR count). The molecule has 2 heteroatoms. The molecular formula is C16H25NO. The molecule has 0 amide bonds. The van der Waals surface area contributed by atoms with Crippen molar-refractivity contribution in [3.05, 3.63) is 30.3 Å². The van der Waals surface area contributed by atoms with Crippen LogP contribution in [0, 0.1) is 0 Å². The van der Waals surface area contributed by atoms with Gasteiger partial charge in [-0.1, -0.05) is 44.4 Å². The monoisotopic (exact) mass is 247 g/mol. The van der Waals surface area contributed by atoms with Crippen LogP contribution >= 0.6 is 0 Å². The lowest BCUT2D eigenvalue weighted by Crippen LogP contribution is -2.38. The lowest BCUT2D eigenvalue weighted by molar-refractivity contribution is 0.183. The summed E-state index contributed by atoms with van der Waals surface area (Å²) in [5.41, 5.74) is 0. The molecule has 1 fully saturated rings. The average molecular weight is 247 g/mol. The summed E-state index contributed by atoms with van der Waals surface area (Å²) < 4.78 is 5.99. The zero-order valence-corrected chi connectivity index (χ0v) is 11.4. The first-order valence-corrected chi connectivity index (χ1v) is 7.33. The molecule has 2 nitrogen and oxygen atoms in total. The molecule has 0 aliphatic heterocycles. The predicted octanol–water partition coefficient (Wildman–Crippen LogP) is 3.77. The topological polar surface area (TPSA) is 21.3 Å². The van der Waals surface area contributed by atoms with E-state index < -0.39 is 0 Å². The van der Waals surface area contributed by atoms with Crippen molar-refractivity contribution in [1.82, 2.24) is 5.32 Å². The van der Waals surface area contributed by atoms with Gasteiger partial charge in [0.15, 0.2) is 0 Å². The van der Waals surface area contributed by atoms with Gasteiger partial charge < -0.3 is 10.1 Å². The minimum Gasteiger partial charge on any atom is -0.489 e. The Kier molecular flexibility index (Phi) is 5.53. The van der Waals surface area contributed by atoms with Gasteiger partial charge in [0, 0.05) is 12.6 Å². The van der Waals surface area contributed by atoms with Crippen molar-refractivity contribution in [1.29, 1.82) is 0 Å². The molecule has 0 aromatic heterocycles. The van der Waals surface area contributed by atoms with Crippen molar-refractivity contribution in [3.63, 3.8) is 0 Å². The second kappa shape index (κ2) is 7.42. The van der Waals surface area contributed by atoms with E-state index in [0.29, 0.717) is 6.04 Å². The van der Waals surface area contributed by atoms with Crippen LogP contribution < -0.4 is 10.1 Å². The van der Waals surface area contributed by atoms with Crippen molar-refractivity contribution in [2.24, 2.45) is 0 Å². The number of hydrogen-bond acceptors (Lipinski definition) is 2. The number of ether oxygens (including phenoxy) is 1. The molecule has 0 heterocycles. The average Bonchev–Trinajstić information content (AvgIpc) is 2.45. The third kappa shape index (κ3) is 4.34. The standard InChI is InChI=1S/C16H25NO/c1-2-15(18-16-11-7-4-8-12-16)13-17-14-9-5-3-6-10-14/h4,7-8,11-12,14-15,17H,2-3,5-6,9-10,13H2,1H3. The molecule has 18 heavy (non-hydrogen) atoms. The first-order chi connectivity index (χ1) is 8.88. The summed E-state index contributed by atoms with van der Waals surface area (Å²) in [5.74, 6) is 0.981. The molecule has 1 aromatic rings. The zero-order valence-electron chi connectivity index (χ0n) is 11.4. The highest BCUT2D eigenvalue weighted by Gasteiger charge is 2.15. The fourth-order valence-corrected chi connectivity index (χ4v) is 2.57. The van der Waals surface area contributed by atoms with Gasteiger partial charge in [-0.2, -0.15) is 0 Å². The number of hydrogen-bond donors (Lipinski definition) is 1. The van der Waals surface area contributed by atoms with Gasteiger partial charge >= 0.3 is 0 Å². The molecular weight excluding hydrogens is 222 g/mol. The van der Waals surface area contributed by atoms with Crippen LogP contribution in [0.4, 0.5) is 0 Å². The summed E-state index contributed by atoms with van der Waals surface area (Å²) in [5, 5.41) is 3.67. The first kappa shape index (κ1) is 13.4. The zero-order chi connectivity index (χ0) is 12.6. The van der Waals surface area contributed by atoms with E-state index >= 15 is 0 Å². The number of benzene rings is 1. The SMILES string of the molecule is CCC(CNC1CCCCC1)Oc1ccccc1. The van der Waals surface area contributed by atoms with Crippen molar-refractivity contribution in [2.45, 2.75) is 57.6 Å². The van der Waals surface area contributed by atoms with E-state index in [0.717, 1.165) is 18.7 Å². The van der Waals surface area contributed by atoms with Gasteiger partial charge in [-0.15, -0.1) is 0 Å². The summed E-state index contributed by atoms with van der Waals surface area (Å²) in [6.45, 7) is 3.16. The number of rotatable bonds is 6. The van der Waals surface area contributed by atoms with E-state index in [1.54, 1.807) is 0 Å². The minimum atomic E-state index is 0.286. The van der Waals surface area contributed by atoms with Crippen LogP contribution in [0.25, 0.3) is 0 Å². The van der Waals surface area contributed by atoms with Gasteiger partial charge in [0.25, 0.3) is 0 Å². The third-order valence-electron chi connectivity index (χ3n) is 3.74. The van der Waals surface area contributed by atoms with Crippen LogP contribution in [-0.2, 0) is 0 Å². The Morgan fingerprint density at radius 2 is 1.89 bits per heavy atom. The minimum absolute atomic E-state index is 0.286. The summed E-state index contributed by atoms with van der Waals surface area (Å²) in [7, 11) is 0. The van der Waals surface area contributed by atoms with Crippen LogP contribution in [0.3, 0.4) is 0 Å². The van der Waals surface area contributed by atoms with E-state index in [1.807, 2.05) is 30.3 Å². The van der Waals surface area contributed by atoms with E-state index in [4.69, 9.17) is 4.74 Å². The Labute approximate surface area is 111 Å². The van der Waals surface area contributed by atoms with Gasteiger partial charge in [-0.05, 0) is 31.4 Å². The Bertz CT molecular complexity index is 319. The van der Waals surface area contributed by atoms with E-state index in [1.165, 1.54) is 32.1 Å². The van der Waals surface area contributed by atoms with Gasteiger partial charge in [0.2, 0.25) is 0 Å². The molecule has 1 aliphatic rings. The van der Waals surface area contributed by atoms with Crippen LogP contribution in [0.1, 0.15) is 45.4 Å². The van der Waals surface area contributed by atoms with Gasteiger partial charge in [-0.3, -0.25) is 0 Å². The molecule has 1 atom stereocenters. The Balaban J connectivity index is 1.75. The summed E-state index contributed by atoms with van der Waals surface area (Å²) in [6, 6.07) is 10.8. The van der Waals surface area contributed by atoms with E-state index in [-0.39, 0.29) is 6.10 Å². The lowest BCUT2D eigenvalue weighted by atomic mass is 9.95. The van der Waals surface area contributed by atoms with Crippen LogP contribution in [-0.4, -0.2) is 18.7 Å². The van der Waals surface area contributed by atoms with Crippen molar-refractivity contribution in [3.8, 4) is 5.75 Å². The fourth-order valence-electron chi connectivity index (χ4n) is 2.57. The molecule has 0 radical (unpaired) electrons. The Morgan fingerprint density at radius 3 is 2.56 bits per heavy atom. The molecule has 1 aromatic carbocycles. The van der Waals surface area contributed by atoms with Gasteiger partial charge in [0.05, 0.1) is 0 Å². The lowest BCUT2D eigenvalue weighted by Gasteiger charge is -2.26. The smallest absolute Gasteiger partial charge is 0.119 e.